The molecule has 10 heteroatoms. The molecule has 2 aromatic heterocycles. The van der Waals surface area contributed by atoms with Gasteiger partial charge in [0.15, 0.2) is 6.10 Å². The van der Waals surface area contributed by atoms with Crippen molar-refractivity contribution in [2.75, 3.05) is 6.54 Å². The second-order valence-corrected chi connectivity index (χ2v) is 9.06. The average Bonchev–Trinajstić information content (AvgIpc) is 3.31. The van der Waals surface area contributed by atoms with Gasteiger partial charge in [-0.15, -0.1) is 0 Å². The third kappa shape index (κ3) is 5.31. The topological polar surface area (TPSA) is 152 Å². The van der Waals surface area contributed by atoms with Crippen LogP contribution in [0.25, 0.3) is 22.3 Å². The van der Waals surface area contributed by atoms with E-state index in [2.05, 4.69) is 5.73 Å². The quantitative estimate of drug-likeness (QED) is 0.332. The number of esters is 1. The fraction of sp³-hybridized carbons (Fsp3) is 0.448. The average molecular weight is 542 g/mol. The molecule has 0 saturated heterocycles. The second-order valence-electron chi connectivity index (χ2n) is 9.06. The molecule has 0 radical (unpaired) electrons. The number of nitrogens with two attached hydrogens (primary N) is 1. The van der Waals surface area contributed by atoms with Crippen molar-refractivity contribution >= 4 is 22.8 Å². The Morgan fingerprint density at radius 1 is 1.15 bits per heavy atom. The maximum Gasteiger partial charge on any atom is 0.340 e. The van der Waals surface area contributed by atoms with E-state index in [-0.39, 0.29) is 29.5 Å². The Balaban J connectivity index is 0.000000370. The SMILES string of the molecule is CC.CC.Cc1c(F)cc2nc3c(c4c2c1CCC4)Cn1c-3cc2c(c1=O)COC(=O)C2O.NC(=O)CC[NH3+]. The Labute approximate surface area is 227 Å². The zero-order valence-corrected chi connectivity index (χ0v) is 23.3. The number of hydrogen-bond acceptors (Lipinski definition) is 6. The lowest BCUT2D eigenvalue weighted by Crippen LogP contribution is -2.51. The van der Waals surface area contributed by atoms with Crippen LogP contribution < -0.4 is 17.0 Å². The number of aliphatic hydroxyl groups excluding tert-OH is 1. The van der Waals surface area contributed by atoms with Crippen molar-refractivity contribution in [1.82, 2.24) is 9.55 Å². The number of aromatic nitrogens is 2. The van der Waals surface area contributed by atoms with Crippen molar-refractivity contribution in [3.63, 3.8) is 0 Å². The van der Waals surface area contributed by atoms with Crippen LogP contribution >= 0.6 is 0 Å². The molecule has 0 saturated carbocycles. The Morgan fingerprint density at radius 3 is 2.44 bits per heavy atom. The number of halogens is 1. The van der Waals surface area contributed by atoms with Crippen LogP contribution in [0.5, 0.6) is 0 Å². The van der Waals surface area contributed by atoms with E-state index in [9.17, 15) is 23.9 Å². The molecule has 0 spiro atoms. The molecule has 1 unspecified atom stereocenters. The molecule has 4 heterocycles. The number of cyclic esters (lactones) is 1. The van der Waals surface area contributed by atoms with Crippen LogP contribution in [0.15, 0.2) is 16.9 Å². The summed E-state index contributed by atoms with van der Waals surface area (Å²) in [6.07, 6.45) is 1.52. The molecule has 0 bridgehead atoms. The molecule has 1 aromatic carbocycles. The summed E-state index contributed by atoms with van der Waals surface area (Å²) in [6.45, 7) is 10.7. The van der Waals surface area contributed by atoms with E-state index in [1.807, 2.05) is 27.7 Å². The highest BCUT2D eigenvalue weighted by atomic mass is 19.1. The minimum atomic E-state index is -1.48. The van der Waals surface area contributed by atoms with Crippen molar-refractivity contribution in [2.24, 2.45) is 5.73 Å². The van der Waals surface area contributed by atoms with Gasteiger partial charge in [0.25, 0.3) is 5.56 Å². The lowest BCUT2D eigenvalue weighted by atomic mass is 9.85. The molecular weight excluding hydrogens is 503 g/mol. The predicted octanol–water partition coefficient (Wildman–Crippen LogP) is 2.61. The fourth-order valence-electron chi connectivity index (χ4n) is 5.24. The number of rotatable bonds is 2. The van der Waals surface area contributed by atoms with Crippen LogP contribution in [0.2, 0.25) is 0 Å². The summed E-state index contributed by atoms with van der Waals surface area (Å²) in [5.41, 5.74) is 14.0. The van der Waals surface area contributed by atoms with E-state index in [0.717, 1.165) is 41.3 Å². The van der Waals surface area contributed by atoms with E-state index in [4.69, 9.17) is 15.5 Å². The number of hydrogen-bond donors (Lipinski definition) is 3. The van der Waals surface area contributed by atoms with E-state index in [1.165, 1.54) is 6.07 Å². The molecule has 39 heavy (non-hydrogen) atoms. The summed E-state index contributed by atoms with van der Waals surface area (Å²) in [7, 11) is 0. The van der Waals surface area contributed by atoms with E-state index < -0.39 is 12.1 Å². The van der Waals surface area contributed by atoms with Crippen molar-refractivity contribution in [3.05, 3.63) is 61.7 Å². The lowest BCUT2D eigenvalue weighted by Gasteiger charge is -2.22. The van der Waals surface area contributed by atoms with Crippen LogP contribution in [0.1, 0.15) is 80.0 Å². The fourth-order valence-corrected chi connectivity index (χ4v) is 5.24. The lowest BCUT2D eigenvalue weighted by molar-refractivity contribution is -0.366. The number of quaternary nitrogens is 1. The van der Waals surface area contributed by atoms with Gasteiger partial charge in [-0.1, -0.05) is 27.7 Å². The minimum absolute atomic E-state index is 0.141. The number of fused-ring (bicyclic) bond motifs is 5. The summed E-state index contributed by atoms with van der Waals surface area (Å²) >= 11 is 0. The largest absolute Gasteiger partial charge is 0.458 e. The Morgan fingerprint density at radius 2 is 1.82 bits per heavy atom. The third-order valence-corrected chi connectivity index (χ3v) is 6.96. The molecule has 210 valence electrons. The van der Waals surface area contributed by atoms with Gasteiger partial charge in [-0.25, -0.2) is 14.2 Å². The van der Waals surface area contributed by atoms with Crippen LogP contribution in [-0.4, -0.2) is 33.1 Å². The standard InChI is InChI=1S/C22H17FN2O4.C3H8N2O.2C2H6/c1-9-10-3-2-4-11-13-7-25-17(19(13)24-16(18(10)11)6-15(9)23)5-12-14(21(25)27)8-29-22(28)20(12)26;4-2-1-3(5)6;2*1-2/h5-6,20,26H,2-4,7-8H2,1H3;1-2,4H2,(H2,5,6);2*1-2H3/p+1. The molecule has 3 aromatic rings. The molecule has 6 N–H and O–H groups in total. The summed E-state index contributed by atoms with van der Waals surface area (Å²) < 4.78 is 21.1. The Bertz CT molecular complexity index is 1480. The summed E-state index contributed by atoms with van der Waals surface area (Å²) in [5.74, 6) is -1.30. The monoisotopic (exact) mass is 541 g/mol. The highest BCUT2D eigenvalue weighted by molar-refractivity contribution is 5.92. The molecule has 9 nitrogen and oxygen atoms in total. The molecule has 2 aliphatic heterocycles. The van der Waals surface area contributed by atoms with E-state index in [1.54, 1.807) is 17.6 Å². The summed E-state index contributed by atoms with van der Waals surface area (Å²) in [5, 5.41) is 11.2. The zero-order chi connectivity index (χ0) is 29.0. The number of amides is 1. The minimum Gasteiger partial charge on any atom is -0.458 e. The van der Waals surface area contributed by atoms with Gasteiger partial charge >= 0.3 is 5.97 Å². The normalized spacial score (nSPS) is 15.7. The number of nitrogens with zero attached hydrogens (tertiary/aromatic N) is 2. The second kappa shape index (κ2) is 12.5. The first-order chi connectivity index (χ1) is 18.7. The molecule has 1 amide bonds. The van der Waals surface area contributed by atoms with Crippen LogP contribution in [0.3, 0.4) is 0 Å². The molecule has 1 aliphatic carbocycles. The first kappa shape index (κ1) is 29.9. The number of carbonyl (C=O) groups excluding carboxylic acids is 2. The number of primary amides is 1. The molecular formula is C29H38FN4O5+. The predicted molar refractivity (Wildman–Crippen MR) is 146 cm³/mol. The van der Waals surface area contributed by atoms with Gasteiger partial charge in [-0.05, 0) is 48.9 Å². The van der Waals surface area contributed by atoms with Gasteiger partial charge in [-0.3, -0.25) is 9.59 Å². The smallest absolute Gasteiger partial charge is 0.340 e. The number of aryl methyl sites for hydroxylation is 2. The van der Waals surface area contributed by atoms with Crippen molar-refractivity contribution in [3.8, 4) is 11.4 Å². The molecule has 0 fully saturated rings. The van der Waals surface area contributed by atoms with Crippen molar-refractivity contribution in [1.29, 1.82) is 0 Å². The van der Waals surface area contributed by atoms with Gasteiger partial charge < -0.3 is 25.9 Å². The van der Waals surface area contributed by atoms with Crippen LogP contribution in [0, 0.1) is 12.7 Å². The van der Waals surface area contributed by atoms with Gasteiger partial charge in [0.1, 0.15) is 12.4 Å². The zero-order valence-electron chi connectivity index (χ0n) is 23.3. The Kier molecular flexibility index (Phi) is 9.58. The number of ether oxygens (including phenoxy) is 1. The van der Waals surface area contributed by atoms with E-state index >= 15 is 0 Å². The van der Waals surface area contributed by atoms with Gasteiger partial charge in [-0.2, -0.15) is 0 Å². The maximum atomic E-state index is 14.5. The van der Waals surface area contributed by atoms with E-state index in [0.29, 0.717) is 47.5 Å². The van der Waals surface area contributed by atoms with Crippen LogP contribution in [0.4, 0.5) is 4.39 Å². The third-order valence-electron chi connectivity index (χ3n) is 6.96. The maximum absolute atomic E-state index is 14.5. The Hall–Kier alpha value is -3.63. The van der Waals surface area contributed by atoms with Crippen molar-refractivity contribution < 1.29 is 29.6 Å². The first-order valence-corrected chi connectivity index (χ1v) is 13.6. The first-order valence-electron chi connectivity index (χ1n) is 13.6. The molecule has 3 aliphatic rings. The van der Waals surface area contributed by atoms with Crippen LogP contribution in [-0.2, 0) is 40.3 Å². The van der Waals surface area contributed by atoms with Crippen molar-refractivity contribution in [2.45, 2.75) is 79.6 Å². The van der Waals surface area contributed by atoms with Gasteiger partial charge in [0, 0.05) is 22.6 Å². The van der Waals surface area contributed by atoms with Gasteiger partial charge in [0.05, 0.1) is 42.0 Å². The highest BCUT2D eigenvalue weighted by Crippen LogP contribution is 2.41. The molecule has 1 atom stereocenters. The summed E-state index contributed by atoms with van der Waals surface area (Å²) in [4.78, 5) is 39.4. The number of pyridine rings is 2. The van der Waals surface area contributed by atoms with Gasteiger partial charge in [0.2, 0.25) is 5.91 Å². The molecule has 6 rings (SSSR count). The highest BCUT2D eigenvalue weighted by Gasteiger charge is 2.35. The number of benzene rings is 1. The number of aliphatic hydroxyl groups is 1. The summed E-state index contributed by atoms with van der Waals surface area (Å²) in [6, 6.07) is 3.13. The number of carbonyl (C=O) groups is 2.